The van der Waals surface area contributed by atoms with Crippen LogP contribution in [-0.4, -0.2) is 48.4 Å². The standard InChI is InChI=1S/C13H23BrN2O/c1-11(14)10-15-6-5-7-16(9-8-15)12(17)13(2,3)4/h1,5-10H2,2-4H3. The molecule has 1 aliphatic heterocycles. The smallest absolute Gasteiger partial charge is 0.227 e. The van der Waals surface area contributed by atoms with E-state index in [1.807, 2.05) is 25.7 Å². The van der Waals surface area contributed by atoms with E-state index in [0.29, 0.717) is 0 Å². The maximum atomic E-state index is 12.2. The van der Waals surface area contributed by atoms with Crippen LogP contribution in [0.15, 0.2) is 11.1 Å². The zero-order chi connectivity index (χ0) is 13.1. The number of carbonyl (C=O) groups excluding carboxylic acids is 1. The second-order valence-corrected chi connectivity index (χ2v) is 6.81. The van der Waals surface area contributed by atoms with Gasteiger partial charge in [-0.05, 0) is 6.42 Å². The van der Waals surface area contributed by atoms with Crippen molar-refractivity contribution in [3.8, 4) is 0 Å². The monoisotopic (exact) mass is 302 g/mol. The van der Waals surface area contributed by atoms with Crippen molar-refractivity contribution < 1.29 is 4.79 Å². The van der Waals surface area contributed by atoms with Gasteiger partial charge in [0.15, 0.2) is 0 Å². The van der Waals surface area contributed by atoms with E-state index in [1.165, 1.54) is 0 Å². The van der Waals surface area contributed by atoms with Gasteiger partial charge in [-0.3, -0.25) is 9.69 Å². The topological polar surface area (TPSA) is 23.6 Å². The van der Waals surface area contributed by atoms with Crippen molar-refractivity contribution >= 4 is 21.8 Å². The van der Waals surface area contributed by atoms with E-state index in [1.54, 1.807) is 0 Å². The van der Waals surface area contributed by atoms with Gasteiger partial charge in [-0.1, -0.05) is 43.3 Å². The minimum atomic E-state index is -0.270. The third-order valence-electron chi connectivity index (χ3n) is 2.91. The average molecular weight is 303 g/mol. The summed E-state index contributed by atoms with van der Waals surface area (Å²) in [6.45, 7) is 14.4. The predicted molar refractivity (Wildman–Crippen MR) is 75.2 cm³/mol. The fourth-order valence-corrected chi connectivity index (χ4v) is 2.40. The highest BCUT2D eigenvalue weighted by molar-refractivity contribution is 9.11. The predicted octanol–water partition coefficient (Wildman–Crippen LogP) is 2.48. The maximum Gasteiger partial charge on any atom is 0.227 e. The lowest BCUT2D eigenvalue weighted by atomic mass is 9.94. The Balaban J connectivity index is 2.53. The molecule has 0 saturated carbocycles. The zero-order valence-corrected chi connectivity index (χ0v) is 12.7. The Morgan fingerprint density at radius 1 is 1.24 bits per heavy atom. The van der Waals surface area contributed by atoms with Gasteiger partial charge in [0.25, 0.3) is 0 Å². The van der Waals surface area contributed by atoms with Crippen LogP contribution in [0.1, 0.15) is 27.2 Å². The van der Waals surface area contributed by atoms with Crippen LogP contribution in [-0.2, 0) is 4.79 Å². The largest absolute Gasteiger partial charge is 0.341 e. The molecule has 98 valence electrons. The second kappa shape index (κ2) is 6.01. The van der Waals surface area contributed by atoms with Gasteiger partial charge in [0.05, 0.1) is 0 Å². The molecule has 0 aliphatic carbocycles. The summed E-state index contributed by atoms with van der Waals surface area (Å²) in [5, 5.41) is 0. The normalized spacial score (nSPS) is 18.9. The van der Waals surface area contributed by atoms with Crippen LogP contribution < -0.4 is 0 Å². The van der Waals surface area contributed by atoms with Crippen molar-refractivity contribution in [3.05, 3.63) is 11.1 Å². The number of hydrogen-bond donors (Lipinski definition) is 0. The highest BCUT2D eigenvalue weighted by Crippen LogP contribution is 2.19. The van der Waals surface area contributed by atoms with Crippen LogP contribution in [0.25, 0.3) is 0 Å². The second-order valence-electron chi connectivity index (χ2n) is 5.69. The molecule has 1 amide bonds. The van der Waals surface area contributed by atoms with E-state index in [-0.39, 0.29) is 11.3 Å². The van der Waals surface area contributed by atoms with Crippen LogP contribution in [0.5, 0.6) is 0 Å². The molecule has 0 spiro atoms. The summed E-state index contributed by atoms with van der Waals surface area (Å²) in [7, 11) is 0. The number of halogens is 1. The summed E-state index contributed by atoms with van der Waals surface area (Å²) in [6, 6.07) is 0. The minimum absolute atomic E-state index is 0.261. The molecule has 1 saturated heterocycles. The first-order valence-electron chi connectivity index (χ1n) is 6.15. The van der Waals surface area contributed by atoms with Crippen molar-refractivity contribution in [2.45, 2.75) is 27.2 Å². The number of rotatable bonds is 2. The lowest BCUT2D eigenvalue weighted by Gasteiger charge is -2.28. The van der Waals surface area contributed by atoms with Crippen molar-refractivity contribution in [1.29, 1.82) is 0 Å². The summed E-state index contributed by atoms with van der Waals surface area (Å²) >= 11 is 3.39. The SMILES string of the molecule is C=C(Br)CN1CCCN(C(=O)C(C)(C)C)CC1. The van der Waals surface area contributed by atoms with Crippen LogP contribution in [0.4, 0.5) is 0 Å². The first-order valence-corrected chi connectivity index (χ1v) is 6.95. The van der Waals surface area contributed by atoms with Gasteiger partial charge in [0.1, 0.15) is 0 Å². The third-order valence-corrected chi connectivity index (χ3v) is 3.16. The molecule has 0 radical (unpaired) electrons. The molecule has 3 nitrogen and oxygen atoms in total. The van der Waals surface area contributed by atoms with Gasteiger partial charge in [0.2, 0.25) is 5.91 Å². The molecule has 1 fully saturated rings. The summed E-state index contributed by atoms with van der Waals surface area (Å²) in [5.41, 5.74) is -0.270. The van der Waals surface area contributed by atoms with Gasteiger partial charge in [-0.15, -0.1) is 0 Å². The molecular weight excluding hydrogens is 280 g/mol. The van der Waals surface area contributed by atoms with Gasteiger partial charge >= 0.3 is 0 Å². The first kappa shape index (κ1) is 14.7. The number of hydrogen-bond acceptors (Lipinski definition) is 2. The molecule has 1 heterocycles. The number of carbonyl (C=O) groups is 1. The average Bonchev–Trinajstić information content (AvgIpc) is 2.40. The molecule has 0 atom stereocenters. The van der Waals surface area contributed by atoms with E-state index < -0.39 is 0 Å². The van der Waals surface area contributed by atoms with Crippen LogP contribution in [0.3, 0.4) is 0 Å². The third kappa shape index (κ3) is 4.80. The molecule has 0 bridgehead atoms. The van der Waals surface area contributed by atoms with Gasteiger partial charge in [-0.2, -0.15) is 0 Å². The van der Waals surface area contributed by atoms with Gasteiger partial charge in [-0.25, -0.2) is 0 Å². The Kier molecular flexibility index (Phi) is 5.20. The van der Waals surface area contributed by atoms with E-state index in [4.69, 9.17) is 0 Å². The number of nitrogens with zero attached hydrogens (tertiary/aromatic N) is 2. The summed E-state index contributed by atoms with van der Waals surface area (Å²) in [5.74, 6) is 0.261. The molecule has 0 aromatic heterocycles. The van der Waals surface area contributed by atoms with Crippen molar-refractivity contribution in [2.75, 3.05) is 32.7 Å². The van der Waals surface area contributed by atoms with Gasteiger partial charge in [0, 0.05) is 42.6 Å². The highest BCUT2D eigenvalue weighted by atomic mass is 79.9. The summed E-state index contributed by atoms with van der Waals surface area (Å²) < 4.78 is 1.01. The lowest BCUT2D eigenvalue weighted by molar-refractivity contribution is -0.139. The molecule has 1 aliphatic rings. The Morgan fingerprint density at radius 2 is 1.88 bits per heavy atom. The fourth-order valence-electron chi connectivity index (χ4n) is 2.05. The molecular formula is C13H23BrN2O. The minimum Gasteiger partial charge on any atom is -0.341 e. The highest BCUT2D eigenvalue weighted by Gasteiger charge is 2.28. The van der Waals surface area contributed by atoms with E-state index in [0.717, 1.165) is 43.6 Å². The Bertz CT molecular complexity index is 296. The molecule has 1 rings (SSSR count). The molecule has 0 aromatic rings. The zero-order valence-electron chi connectivity index (χ0n) is 11.1. The van der Waals surface area contributed by atoms with Crippen molar-refractivity contribution in [2.24, 2.45) is 5.41 Å². The molecule has 17 heavy (non-hydrogen) atoms. The summed E-state index contributed by atoms with van der Waals surface area (Å²) in [6.07, 6.45) is 1.04. The molecule has 0 aromatic carbocycles. The van der Waals surface area contributed by atoms with E-state index >= 15 is 0 Å². The van der Waals surface area contributed by atoms with Crippen LogP contribution in [0.2, 0.25) is 0 Å². The van der Waals surface area contributed by atoms with E-state index in [2.05, 4.69) is 27.4 Å². The lowest BCUT2D eigenvalue weighted by Crippen LogP contribution is -2.41. The molecule has 4 heteroatoms. The molecule has 0 unspecified atom stereocenters. The van der Waals surface area contributed by atoms with Crippen molar-refractivity contribution in [1.82, 2.24) is 9.80 Å². The fraction of sp³-hybridized carbons (Fsp3) is 0.769. The first-order chi connectivity index (χ1) is 7.80. The van der Waals surface area contributed by atoms with Crippen LogP contribution >= 0.6 is 15.9 Å². The molecule has 0 N–H and O–H groups in total. The quantitative estimate of drug-likeness (QED) is 0.782. The van der Waals surface area contributed by atoms with Crippen LogP contribution in [0, 0.1) is 5.41 Å². The summed E-state index contributed by atoms with van der Waals surface area (Å²) in [4.78, 5) is 16.5. The van der Waals surface area contributed by atoms with Crippen molar-refractivity contribution in [3.63, 3.8) is 0 Å². The van der Waals surface area contributed by atoms with E-state index in [9.17, 15) is 4.79 Å². The van der Waals surface area contributed by atoms with Gasteiger partial charge < -0.3 is 4.90 Å². The number of amides is 1. The maximum absolute atomic E-state index is 12.2. The Labute approximate surface area is 113 Å². The Morgan fingerprint density at radius 3 is 2.41 bits per heavy atom. The Hall–Kier alpha value is -0.350.